The van der Waals surface area contributed by atoms with Gasteiger partial charge in [0.25, 0.3) is 5.91 Å². The molecule has 5 heteroatoms. The molecule has 0 bridgehead atoms. The number of hydrogen-bond donors (Lipinski definition) is 3. The molecule has 1 amide bonds. The number of aliphatic hydroxyl groups is 1. The van der Waals surface area contributed by atoms with Crippen molar-refractivity contribution >= 4 is 11.6 Å². The number of carbonyl (C=O) groups excluding carboxylic acids is 1. The molecule has 0 aliphatic carbocycles. The van der Waals surface area contributed by atoms with Crippen molar-refractivity contribution in [1.29, 1.82) is 0 Å². The Morgan fingerprint density at radius 1 is 1.65 bits per heavy atom. The van der Waals surface area contributed by atoms with Gasteiger partial charge in [-0.1, -0.05) is 13.3 Å². The number of aliphatic hydroxyl groups excluding tert-OH is 1. The van der Waals surface area contributed by atoms with E-state index in [4.69, 9.17) is 10.8 Å². The molecule has 0 fully saturated rings. The van der Waals surface area contributed by atoms with E-state index in [0.717, 1.165) is 6.42 Å². The molecule has 0 aliphatic heterocycles. The van der Waals surface area contributed by atoms with E-state index in [-0.39, 0.29) is 24.1 Å². The molecule has 17 heavy (non-hydrogen) atoms. The molecular formula is C12H19N3O2. The number of nitrogen functional groups attached to an aromatic ring is 1. The van der Waals surface area contributed by atoms with Crippen molar-refractivity contribution in [1.82, 2.24) is 10.3 Å². The van der Waals surface area contributed by atoms with Crippen LogP contribution in [-0.2, 0) is 0 Å². The van der Waals surface area contributed by atoms with Crippen LogP contribution in [0, 0.1) is 5.92 Å². The van der Waals surface area contributed by atoms with Crippen molar-refractivity contribution in [2.24, 2.45) is 5.92 Å². The van der Waals surface area contributed by atoms with E-state index in [1.54, 1.807) is 12.1 Å². The predicted octanol–water partition coefficient (Wildman–Crippen LogP) is 0.802. The Bertz CT molecular complexity index is 369. The largest absolute Gasteiger partial charge is 0.397 e. The molecule has 0 aliphatic rings. The monoisotopic (exact) mass is 237 g/mol. The number of carbonyl (C=O) groups is 1. The van der Waals surface area contributed by atoms with E-state index in [1.165, 1.54) is 6.20 Å². The molecule has 1 atom stereocenters. The molecule has 4 N–H and O–H groups in total. The van der Waals surface area contributed by atoms with Gasteiger partial charge in [0.1, 0.15) is 0 Å². The summed E-state index contributed by atoms with van der Waals surface area (Å²) in [7, 11) is 0. The van der Waals surface area contributed by atoms with Crippen molar-refractivity contribution in [3.05, 3.63) is 24.0 Å². The smallest absolute Gasteiger partial charge is 0.272 e. The normalized spacial score (nSPS) is 12.1. The number of nitrogens with two attached hydrogens (primary N) is 1. The molecular weight excluding hydrogens is 218 g/mol. The Balaban J connectivity index is 2.52. The summed E-state index contributed by atoms with van der Waals surface area (Å²) < 4.78 is 0. The summed E-state index contributed by atoms with van der Waals surface area (Å²) in [5, 5.41) is 11.6. The molecule has 0 saturated heterocycles. The van der Waals surface area contributed by atoms with Gasteiger partial charge in [0.05, 0.1) is 5.69 Å². The Kier molecular flexibility index (Phi) is 5.42. The molecule has 94 valence electrons. The summed E-state index contributed by atoms with van der Waals surface area (Å²) in [4.78, 5) is 15.7. The van der Waals surface area contributed by atoms with Crippen molar-refractivity contribution in [2.75, 3.05) is 18.9 Å². The number of aromatic nitrogens is 1. The van der Waals surface area contributed by atoms with Crippen molar-refractivity contribution in [3.8, 4) is 0 Å². The number of hydrogen-bond acceptors (Lipinski definition) is 4. The Labute approximate surface area is 101 Å². The highest BCUT2D eigenvalue weighted by atomic mass is 16.3. The highest BCUT2D eigenvalue weighted by Crippen LogP contribution is 2.09. The molecule has 0 spiro atoms. The van der Waals surface area contributed by atoms with Gasteiger partial charge < -0.3 is 16.2 Å². The molecule has 0 aromatic carbocycles. The molecule has 1 aromatic heterocycles. The van der Waals surface area contributed by atoms with Crippen LogP contribution >= 0.6 is 0 Å². The van der Waals surface area contributed by atoms with Gasteiger partial charge in [0.2, 0.25) is 0 Å². The second-order valence-corrected chi connectivity index (χ2v) is 3.94. The molecule has 0 radical (unpaired) electrons. The average Bonchev–Trinajstić information content (AvgIpc) is 2.34. The van der Waals surface area contributed by atoms with Gasteiger partial charge >= 0.3 is 0 Å². The second-order valence-electron chi connectivity index (χ2n) is 3.94. The highest BCUT2D eigenvalue weighted by Gasteiger charge is 2.12. The number of nitrogens with one attached hydrogen (secondary N) is 1. The van der Waals surface area contributed by atoms with Crippen molar-refractivity contribution in [2.45, 2.75) is 19.8 Å². The van der Waals surface area contributed by atoms with Crippen LogP contribution in [0.1, 0.15) is 30.3 Å². The lowest BCUT2D eigenvalue weighted by molar-refractivity contribution is 0.0939. The van der Waals surface area contributed by atoms with E-state index < -0.39 is 0 Å². The first kappa shape index (κ1) is 13.4. The molecule has 1 rings (SSSR count). The topological polar surface area (TPSA) is 88.2 Å². The Hall–Kier alpha value is -1.62. The summed E-state index contributed by atoms with van der Waals surface area (Å²) in [5.41, 5.74) is 6.29. The maximum Gasteiger partial charge on any atom is 0.272 e. The Morgan fingerprint density at radius 3 is 3.00 bits per heavy atom. The molecule has 5 nitrogen and oxygen atoms in total. The Morgan fingerprint density at radius 2 is 2.41 bits per heavy atom. The lowest BCUT2D eigenvalue weighted by Gasteiger charge is -2.14. The van der Waals surface area contributed by atoms with E-state index in [0.29, 0.717) is 18.7 Å². The molecule has 1 heterocycles. The third kappa shape index (κ3) is 4.03. The van der Waals surface area contributed by atoms with Crippen LogP contribution in [0.2, 0.25) is 0 Å². The van der Waals surface area contributed by atoms with Crippen molar-refractivity contribution < 1.29 is 9.90 Å². The fourth-order valence-electron chi connectivity index (χ4n) is 1.56. The summed E-state index contributed by atoms with van der Waals surface area (Å²) in [6.07, 6.45) is 3.14. The maximum atomic E-state index is 11.8. The van der Waals surface area contributed by atoms with Gasteiger partial charge in [-0.3, -0.25) is 4.79 Å². The number of nitrogens with zero attached hydrogens (tertiary/aromatic N) is 1. The van der Waals surface area contributed by atoms with Crippen LogP contribution in [0.25, 0.3) is 0 Å². The van der Waals surface area contributed by atoms with Crippen LogP contribution in [0.15, 0.2) is 18.3 Å². The predicted molar refractivity (Wildman–Crippen MR) is 66.5 cm³/mol. The fourth-order valence-corrected chi connectivity index (χ4v) is 1.56. The average molecular weight is 237 g/mol. The third-order valence-corrected chi connectivity index (χ3v) is 2.72. The minimum atomic E-state index is -0.264. The van der Waals surface area contributed by atoms with E-state index in [9.17, 15) is 4.79 Å². The number of amides is 1. The number of anilines is 1. The summed E-state index contributed by atoms with van der Waals surface area (Å²) in [6, 6.07) is 3.33. The maximum absolute atomic E-state index is 11.8. The third-order valence-electron chi connectivity index (χ3n) is 2.72. The van der Waals surface area contributed by atoms with Gasteiger partial charge in [-0.2, -0.15) is 0 Å². The zero-order valence-electron chi connectivity index (χ0n) is 10.0. The van der Waals surface area contributed by atoms with Gasteiger partial charge in [-0.15, -0.1) is 0 Å². The first-order valence-corrected chi connectivity index (χ1v) is 5.78. The fraction of sp³-hybridized carbons (Fsp3) is 0.500. The van der Waals surface area contributed by atoms with Gasteiger partial charge in [0.15, 0.2) is 5.69 Å². The molecule has 1 unspecified atom stereocenters. The standard InChI is InChI=1S/C12H19N3O2/c1-2-9(5-7-16)8-15-12(17)11-10(13)4-3-6-14-11/h3-4,6,9,16H,2,5,7-8,13H2,1H3,(H,15,17). The van der Waals surface area contributed by atoms with E-state index >= 15 is 0 Å². The first-order valence-electron chi connectivity index (χ1n) is 5.78. The van der Waals surface area contributed by atoms with E-state index in [2.05, 4.69) is 10.3 Å². The van der Waals surface area contributed by atoms with Crippen LogP contribution in [0.3, 0.4) is 0 Å². The summed E-state index contributed by atoms with van der Waals surface area (Å²) in [6.45, 7) is 2.70. The highest BCUT2D eigenvalue weighted by molar-refractivity contribution is 5.96. The van der Waals surface area contributed by atoms with E-state index in [1.807, 2.05) is 6.92 Å². The summed E-state index contributed by atoms with van der Waals surface area (Å²) >= 11 is 0. The quantitative estimate of drug-likeness (QED) is 0.683. The minimum Gasteiger partial charge on any atom is -0.397 e. The lowest BCUT2D eigenvalue weighted by atomic mass is 10.0. The molecule has 1 aromatic rings. The first-order chi connectivity index (χ1) is 8.19. The van der Waals surface area contributed by atoms with Crippen LogP contribution in [0.4, 0.5) is 5.69 Å². The zero-order valence-corrected chi connectivity index (χ0v) is 10.0. The zero-order chi connectivity index (χ0) is 12.7. The van der Waals surface area contributed by atoms with Crippen molar-refractivity contribution in [3.63, 3.8) is 0 Å². The summed E-state index contributed by atoms with van der Waals surface area (Å²) in [5.74, 6) is 0.0216. The minimum absolute atomic E-state index is 0.139. The van der Waals surface area contributed by atoms with Crippen LogP contribution in [-0.4, -0.2) is 29.1 Å². The van der Waals surface area contributed by atoms with Crippen LogP contribution < -0.4 is 11.1 Å². The molecule has 0 saturated carbocycles. The van der Waals surface area contributed by atoms with Gasteiger partial charge in [-0.25, -0.2) is 4.98 Å². The SMILES string of the molecule is CCC(CCO)CNC(=O)c1ncccc1N. The van der Waals surface area contributed by atoms with Gasteiger partial charge in [0, 0.05) is 19.3 Å². The van der Waals surface area contributed by atoms with Gasteiger partial charge in [-0.05, 0) is 24.5 Å². The number of pyridine rings is 1. The lowest BCUT2D eigenvalue weighted by Crippen LogP contribution is -2.30. The van der Waals surface area contributed by atoms with Crippen LogP contribution in [0.5, 0.6) is 0 Å². The number of rotatable bonds is 6. The second kappa shape index (κ2) is 6.85.